The summed E-state index contributed by atoms with van der Waals surface area (Å²) in [4.78, 5) is 28.4. The highest BCUT2D eigenvalue weighted by Gasteiger charge is 2.25. The van der Waals surface area contributed by atoms with Crippen LogP contribution in [0.5, 0.6) is 0 Å². The number of rotatable bonds is 7. The van der Waals surface area contributed by atoms with Crippen LogP contribution >= 0.6 is 11.8 Å². The molecule has 0 saturated carbocycles. The van der Waals surface area contributed by atoms with Crippen LogP contribution in [-0.2, 0) is 14.3 Å². The highest BCUT2D eigenvalue weighted by atomic mass is 32.2. The van der Waals surface area contributed by atoms with E-state index in [1.165, 1.54) is 6.08 Å². The number of carbonyl (C=O) groups is 2. The Kier molecular flexibility index (Phi) is 7.14. The van der Waals surface area contributed by atoms with Crippen LogP contribution in [0.4, 0.5) is 5.69 Å². The second-order valence-corrected chi connectivity index (χ2v) is 7.41. The van der Waals surface area contributed by atoms with E-state index in [0.29, 0.717) is 5.56 Å². The van der Waals surface area contributed by atoms with Crippen molar-refractivity contribution in [3.8, 4) is 0 Å². The number of ether oxygens (including phenoxy) is 1. The molecule has 0 bridgehead atoms. The predicted molar refractivity (Wildman–Crippen MR) is 120 cm³/mol. The van der Waals surface area contributed by atoms with Crippen molar-refractivity contribution < 1.29 is 19.4 Å². The molecule has 0 spiro atoms. The summed E-state index contributed by atoms with van der Waals surface area (Å²) in [5.74, 6) is -1.86. The van der Waals surface area contributed by atoms with Gasteiger partial charge in [0.25, 0.3) is 0 Å². The Hall–Kier alpha value is -3.25. The zero-order valence-corrected chi connectivity index (χ0v) is 17.7. The third-order valence-electron chi connectivity index (χ3n) is 4.45. The van der Waals surface area contributed by atoms with Crippen molar-refractivity contribution in [2.24, 2.45) is 0 Å². The number of fused-ring (bicyclic) bond motifs is 1. The van der Waals surface area contributed by atoms with Gasteiger partial charge < -0.3 is 14.7 Å². The number of thioether (sulfide) groups is 1. The summed E-state index contributed by atoms with van der Waals surface area (Å²) in [5.41, 5.74) is 1.12. The molecule has 1 heterocycles. The van der Waals surface area contributed by atoms with Crippen molar-refractivity contribution in [1.29, 1.82) is 0 Å². The standard InChI is InChI=1S/C24H23NO4S/c1-3-25-18-13-8-9-15-20(18)30-21(25)16-10-14-19(26)22(24(28)29-4-2)23(27)17-11-6-5-7-12-17/h5-16,27H,3-4H2,1-2H3/b14-10+,21-16-,23-22+. The van der Waals surface area contributed by atoms with E-state index in [1.54, 1.807) is 55.1 Å². The van der Waals surface area contributed by atoms with Gasteiger partial charge in [-0.25, -0.2) is 4.79 Å². The summed E-state index contributed by atoms with van der Waals surface area (Å²) in [6.07, 6.45) is 4.70. The van der Waals surface area contributed by atoms with E-state index >= 15 is 0 Å². The lowest BCUT2D eigenvalue weighted by atomic mass is 10.0. The Morgan fingerprint density at radius 3 is 2.47 bits per heavy atom. The maximum atomic E-state index is 12.8. The molecule has 0 aliphatic carbocycles. The van der Waals surface area contributed by atoms with Gasteiger partial charge in [-0.3, -0.25) is 4.79 Å². The zero-order valence-electron chi connectivity index (χ0n) is 16.9. The van der Waals surface area contributed by atoms with Crippen LogP contribution in [0.25, 0.3) is 5.76 Å². The topological polar surface area (TPSA) is 66.8 Å². The van der Waals surface area contributed by atoms with Gasteiger partial charge in [-0.2, -0.15) is 0 Å². The van der Waals surface area contributed by atoms with Crippen LogP contribution in [-0.4, -0.2) is 30.0 Å². The Balaban J connectivity index is 1.87. The Morgan fingerprint density at radius 1 is 1.07 bits per heavy atom. The molecule has 1 aliphatic heterocycles. The normalized spacial score (nSPS) is 15.3. The van der Waals surface area contributed by atoms with Crippen molar-refractivity contribution >= 4 is 35.0 Å². The van der Waals surface area contributed by atoms with Gasteiger partial charge in [0.2, 0.25) is 0 Å². The molecule has 154 valence electrons. The molecule has 1 aliphatic rings. The fourth-order valence-electron chi connectivity index (χ4n) is 3.06. The van der Waals surface area contributed by atoms with Crippen LogP contribution in [0, 0.1) is 0 Å². The van der Waals surface area contributed by atoms with Gasteiger partial charge in [0.05, 0.1) is 17.3 Å². The fourth-order valence-corrected chi connectivity index (χ4v) is 4.20. The predicted octanol–water partition coefficient (Wildman–Crippen LogP) is 5.12. The largest absolute Gasteiger partial charge is 0.506 e. The summed E-state index contributed by atoms with van der Waals surface area (Å²) in [5, 5.41) is 11.5. The molecule has 0 radical (unpaired) electrons. The van der Waals surface area contributed by atoms with E-state index in [4.69, 9.17) is 4.74 Å². The second kappa shape index (κ2) is 9.98. The molecule has 0 atom stereocenters. The summed E-state index contributed by atoms with van der Waals surface area (Å²) in [6.45, 7) is 4.60. The minimum absolute atomic E-state index is 0.103. The molecular weight excluding hydrogens is 398 g/mol. The molecule has 5 nitrogen and oxygen atoms in total. The van der Waals surface area contributed by atoms with Gasteiger partial charge in [0.15, 0.2) is 5.78 Å². The molecule has 3 rings (SSSR count). The number of allylic oxidation sites excluding steroid dienone is 3. The Morgan fingerprint density at radius 2 is 1.77 bits per heavy atom. The van der Waals surface area contributed by atoms with E-state index < -0.39 is 17.5 Å². The number of aliphatic hydroxyl groups is 1. The number of hydrogen-bond donors (Lipinski definition) is 1. The quantitative estimate of drug-likeness (QED) is 0.220. The lowest BCUT2D eigenvalue weighted by molar-refractivity contribution is -0.139. The first-order valence-corrected chi connectivity index (χ1v) is 10.5. The van der Waals surface area contributed by atoms with Crippen molar-refractivity contribution in [3.05, 3.63) is 89.0 Å². The number of hydrogen-bond acceptors (Lipinski definition) is 6. The summed E-state index contributed by atoms with van der Waals surface area (Å²) in [7, 11) is 0. The smallest absolute Gasteiger partial charge is 0.345 e. The third kappa shape index (κ3) is 4.66. The SMILES string of the molecule is CCOC(=O)/C(C(=O)/C=C/C=C1\Sc2ccccc2N1CC)=C(/O)c1ccccc1. The van der Waals surface area contributed by atoms with Crippen molar-refractivity contribution in [2.75, 3.05) is 18.1 Å². The molecular formula is C24H23NO4S. The number of nitrogens with zero attached hydrogens (tertiary/aromatic N) is 1. The summed E-state index contributed by atoms with van der Waals surface area (Å²) < 4.78 is 4.99. The number of para-hydroxylation sites is 1. The van der Waals surface area contributed by atoms with Gasteiger partial charge in [-0.1, -0.05) is 60.3 Å². The molecule has 0 amide bonds. The fraction of sp³-hybridized carbons (Fsp3) is 0.167. The van der Waals surface area contributed by atoms with E-state index in [2.05, 4.69) is 24.0 Å². The van der Waals surface area contributed by atoms with Crippen molar-refractivity contribution in [3.63, 3.8) is 0 Å². The monoisotopic (exact) mass is 421 g/mol. The molecule has 1 N–H and O–H groups in total. The number of ketones is 1. The minimum atomic E-state index is -0.848. The van der Waals surface area contributed by atoms with Crippen LogP contribution in [0.3, 0.4) is 0 Å². The molecule has 2 aromatic rings. The van der Waals surface area contributed by atoms with Crippen molar-refractivity contribution in [2.45, 2.75) is 18.7 Å². The summed E-state index contributed by atoms with van der Waals surface area (Å²) >= 11 is 1.62. The average Bonchev–Trinajstić information content (AvgIpc) is 3.12. The molecule has 0 unspecified atom stereocenters. The molecule has 0 saturated heterocycles. The van der Waals surface area contributed by atoms with Crippen LogP contribution < -0.4 is 4.90 Å². The number of aliphatic hydroxyl groups excluding tert-OH is 1. The van der Waals surface area contributed by atoms with E-state index in [9.17, 15) is 14.7 Å². The Bertz CT molecular complexity index is 1020. The van der Waals surface area contributed by atoms with E-state index in [-0.39, 0.29) is 12.2 Å². The van der Waals surface area contributed by atoms with Crippen LogP contribution in [0.1, 0.15) is 19.4 Å². The number of anilines is 1. The first-order valence-electron chi connectivity index (χ1n) is 9.69. The lowest BCUT2D eigenvalue weighted by Gasteiger charge is -2.17. The van der Waals surface area contributed by atoms with E-state index in [0.717, 1.165) is 22.2 Å². The van der Waals surface area contributed by atoms with Gasteiger partial charge in [-0.05, 0) is 38.1 Å². The Labute approximate surface area is 180 Å². The third-order valence-corrected chi connectivity index (χ3v) is 5.58. The number of carbonyl (C=O) groups excluding carboxylic acids is 2. The molecule has 0 aromatic heterocycles. The van der Waals surface area contributed by atoms with Crippen LogP contribution in [0.15, 0.2) is 88.3 Å². The van der Waals surface area contributed by atoms with Gasteiger partial charge >= 0.3 is 5.97 Å². The highest BCUT2D eigenvalue weighted by molar-refractivity contribution is 8.03. The zero-order chi connectivity index (χ0) is 21.5. The first-order chi connectivity index (χ1) is 14.6. The molecule has 6 heteroatoms. The second-order valence-electron chi connectivity index (χ2n) is 6.35. The molecule has 30 heavy (non-hydrogen) atoms. The van der Waals surface area contributed by atoms with Crippen molar-refractivity contribution in [1.82, 2.24) is 0 Å². The van der Waals surface area contributed by atoms with E-state index in [1.807, 2.05) is 18.2 Å². The van der Waals surface area contributed by atoms with Gasteiger partial charge in [0, 0.05) is 17.0 Å². The average molecular weight is 422 g/mol. The number of esters is 1. The molecule has 0 fully saturated rings. The maximum Gasteiger partial charge on any atom is 0.345 e. The van der Waals surface area contributed by atoms with Gasteiger partial charge in [0.1, 0.15) is 11.3 Å². The lowest BCUT2D eigenvalue weighted by Crippen LogP contribution is -2.17. The minimum Gasteiger partial charge on any atom is -0.506 e. The number of benzene rings is 2. The maximum absolute atomic E-state index is 12.8. The van der Waals surface area contributed by atoms with Gasteiger partial charge in [-0.15, -0.1) is 0 Å². The highest BCUT2D eigenvalue weighted by Crippen LogP contribution is 2.45. The first kappa shape index (κ1) is 21.5. The summed E-state index contributed by atoms with van der Waals surface area (Å²) in [6, 6.07) is 16.6. The van der Waals surface area contributed by atoms with Crippen LogP contribution in [0.2, 0.25) is 0 Å². The molecule has 2 aromatic carbocycles.